The fourth-order valence-corrected chi connectivity index (χ4v) is 2.53. The molecule has 1 N–H and O–H groups in total. The van der Waals surface area contributed by atoms with Gasteiger partial charge in [0.2, 0.25) is 4.69 Å². The Morgan fingerprint density at radius 3 is 2.47 bits per heavy atom. The third-order valence-corrected chi connectivity index (χ3v) is 3.44. The lowest BCUT2D eigenvalue weighted by Crippen LogP contribution is -1.93. The summed E-state index contributed by atoms with van der Waals surface area (Å²) in [5, 5.41) is 0.829. The molecule has 1 heterocycles. The Balaban J connectivity index is 2.42. The van der Waals surface area contributed by atoms with Crippen molar-refractivity contribution in [3.8, 4) is 11.1 Å². The van der Waals surface area contributed by atoms with Crippen molar-refractivity contribution in [3.05, 3.63) is 60.0 Å². The molecule has 0 saturated carbocycles. The summed E-state index contributed by atoms with van der Waals surface area (Å²) in [6, 6.07) is 13.9. The summed E-state index contributed by atoms with van der Waals surface area (Å²) in [5.41, 5.74) is 2.19. The molecule has 0 fully saturated rings. The number of aromatic nitrogens is 1. The zero-order valence-electron chi connectivity index (χ0n) is 9.78. The molecule has 0 aliphatic carbocycles. The van der Waals surface area contributed by atoms with E-state index in [4.69, 9.17) is 0 Å². The van der Waals surface area contributed by atoms with Crippen LogP contribution in [0.5, 0.6) is 0 Å². The van der Waals surface area contributed by atoms with Crippen molar-refractivity contribution < 1.29 is 9.18 Å². The molecular formula is C15H9BrFNO. The normalized spacial score (nSPS) is 10.8. The quantitative estimate of drug-likeness (QED) is 0.693. The number of carbonyl (C=O) groups excluding carboxylic acids is 1. The van der Waals surface area contributed by atoms with E-state index in [1.807, 2.05) is 24.3 Å². The van der Waals surface area contributed by atoms with Crippen molar-refractivity contribution in [1.29, 1.82) is 0 Å². The van der Waals surface area contributed by atoms with E-state index < -0.39 is 0 Å². The molecular weight excluding hydrogens is 309 g/mol. The zero-order valence-corrected chi connectivity index (χ0v) is 11.4. The van der Waals surface area contributed by atoms with Crippen molar-refractivity contribution in [1.82, 2.24) is 4.98 Å². The summed E-state index contributed by atoms with van der Waals surface area (Å²) in [4.78, 5) is 14.7. The third kappa shape index (κ3) is 1.98. The minimum Gasteiger partial charge on any atom is -0.351 e. The van der Waals surface area contributed by atoms with Gasteiger partial charge in [0.15, 0.2) is 0 Å². The van der Waals surface area contributed by atoms with Gasteiger partial charge in [0.05, 0.1) is 0 Å². The van der Waals surface area contributed by atoms with Gasteiger partial charge < -0.3 is 4.98 Å². The SMILES string of the molecule is O=C(Br)c1[nH]c2ccccc2c1-c1ccccc1F. The van der Waals surface area contributed by atoms with Crippen LogP contribution in [-0.4, -0.2) is 9.68 Å². The van der Waals surface area contributed by atoms with Gasteiger partial charge in [0.25, 0.3) is 0 Å². The summed E-state index contributed by atoms with van der Waals surface area (Å²) in [6.45, 7) is 0. The van der Waals surface area contributed by atoms with Gasteiger partial charge in [-0.1, -0.05) is 36.4 Å². The summed E-state index contributed by atoms with van der Waals surface area (Å²) in [6.07, 6.45) is 0. The fraction of sp³-hybridized carbons (Fsp3) is 0. The molecule has 2 aromatic carbocycles. The molecule has 0 aliphatic rings. The van der Waals surface area contributed by atoms with E-state index in [2.05, 4.69) is 20.9 Å². The monoisotopic (exact) mass is 317 g/mol. The van der Waals surface area contributed by atoms with E-state index in [0.29, 0.717) is 16.8 Å². The predicted octanol–water partition coefficient (Wildman–Crippen LogP) is 4.51. The number of para-hydroxylation sites is 1. The van der Waals surface area contributed by atoms with Crippen LogP contribution in [0.4, 0.5) is 4.39 Å². The Kier molecular flexibility index (Phi) is 2.95. The predicted molar refractivity (Wildman–Crippen MR) is 77.0 cm³/mol. The molecule has 19 heavy (non-hydrogen) atoms. The maximum absolute atomic E-state index is 14.0. The average Bonchev–Trinajstić information content (AvgIpc) is 2.79. The molecule has 0 spiro atoms. The number of benzene rings is 2. The highest BCUT2D eigenvalue weighted by Gasteiger charge is 2.19. The summed E-state index contributed by atoms with van der Waals surface area (Å²) in [5.74, 6) is -0.345. The van der Waals surface area contributed by atoms with Crippen LogP contribution in [0.2, 0.25) is 0 Å². The first-order chi connectivity index (χ1) is 9.18. The van der Waals surface area contributed by atoms with Crippen LogP contribution in [-0.2, 0) is 0 Å². The minimum absolute atomic E-state index is 0.290. The topological polar surface area (TPSA) is 32.9 Å². The van der Waals surface area contributed by atoms with Gasteiger partial charge in [-0.15, -0.1) is 0 Å². The highest BCUT2D eigenvalue weighted by atomic mass is 79.9. The van der Waals surface area contributed by atoms with Crippen LogP contribution in [0.1, 0.15) is 10.5 Å². The zero-order chi connectivity index (χ0) is 13.4. The molecule has 0 aliphatic heterocycles. The van der Waals surface area contributed by atoms with Crippen LogP contribution in [0.25, 0.3) is 22.0 Å². The number of nitrogens with one attached hydrogen (secondary N) is 1. The van der Waals surface area contributed by atoms with E-state index >= 15 is 0 Å². The van der Waals surface area contributed by atoms with Gasteiger partial charge in [-0.25, -0.2) is 4.39 Å². The molecule has 0 atom stereocenters. The number of H-pyrrole nitrogens is 1. The van der Waals surface area contributed by atoms with E-state index in [-0.39, 0.29) is 10.5 Å². The number of carbonyl (C=O) groups is 1. The van der Waals surface area contributed by atoms with Gasteiger partial charge in [-0.3, -0.25) is 4.79 Å². The molecule has 0 unspecified atom stereocenters. The second-order valence-corrected chi connectivity index (χ2v) is 4.89. The fourth-order valence-electron chi connectivity index (χ4n) is 2.23. The highest BCUT2D eigenvalue weighted by molar-refractivity contribution is 9.18. The van der Waals surface area contributed by atoms with Gasteiger partial charge in [0.1, 0.15) is 11.5 Å². The number of rotatable bonds is 2. The van der Waals surface area contributed by atoms with Crippen LogP contribution in [0.15, 0.2) is 48.5 Å². The second-order valence-electron chi connectivity index (χ2n) is 4.17. The highest BCUT2D eigenvalue weighted by Crippen LogP contribution is 2.34. The lowest BCUT2D eigenvalue weighted by molar-refractivity contribution is 0.109. The molecule has 0 radical (unpaired) electrons. The molecule has 1 aromatic heterocycles. The number of halogens is 2. The van der Waals surface area contributed by atoms with E-state index in [0.717, 1.165) is 10.9 Å². The molecule has 0 saturated heterocycles. The number of fused-ring (bicyclic) bond motifs is 1. The van der Waals surface area contributed by atoms with Crippen LogP contribution in [0.3, 0.4) is 0 Å². The van der Waals surface area contributed by atoms with Crippen LogP contribution >= 0.6 is 15.9 Å². The van der Waals surface area contributed by atoms with Crippen molar-refractivity contribution in [2.75, 3.05) is 0 Å². The Labute approximate surface area is 117 Å². The van der Waals surface area contributed by atoms with Crippen molar-refractivity contribution in [3.63, 3.8) is 0 Å². The van der Waals surface area contributed by atoms with Gasteiger partial charge >= 0.3 is 0 Å². The Morgan fingerprint density at radius 2 is 1.74 bits per heavy atom. The van der Waals surface area contributed by atoms with E-state index in [1.54, 1.807) is 18.2 Å². The molecule has 2 nitrogen and oxygen atoms in total. The molecule has 3 rings (SSSR count). The Hall–Kier alpha value is -1.94. The van der Waals surface area contributed by atoms with Crippen LogP contribution in [0, 0.1) is 5.82 Å². The molecule has 0 amide bonds. The van der Waals surface area contributed by atoms with Crippen molar-refractivity contribution in [2.45, 2.75) is 0 Å². The number of hydrogen-bond donors (Lipinski definition) is 1. The second kappa shape index (κ2) is 4.63. The Morgan fingerprint density at radius 1 is 1.05 bits per heavy atom. The molecule has 4 heteroatoms. The minimum atomic E-state index is -0.345. The first kappa shape index (κ1) is 12.1. The maximum atomic E-state index is 14.0. The van der Waals surface area contributed by atoms with Gasteiger partial charge in [-0.05, 0) is 28.1 Å². The summed E-state index contributed by atoms with van der Waals surface area (Å²) in [7, 11) is 0. The number of aromatic amines is 1. The lowest BCUT2D eigenvalue weighted by atomic mass is 10.0. The van der Waals surface area contributed by atoms with Crippen molar-refractivity contribution in [2.24, 2.45) is 0 Å². The Bertz CT molecular complexity index is 779. The van der Waals surface area contributed by atoms with E-state index in [1.165, 1.54) is 6.07 Å². The first-order valence-corrected chi connectivity index (χ1v) is 6.53. The lowest BCUT2D eigenvalue weighted by Gasteiger charge is -2.03. The van der Waals surface area contributed by atoms with Crippen molar-refractivity contribution >= 4 is 31.5 Å². The average molecular weight is 318 g/mol. The third-order valence-electron chi connectivity index (χ3n) is 3.05. The summed E-state index contributed by atoms with van der Waals surface area (Å²) >= 11 is 2.94. The van der Waals surface area contributed by atoms with Crippen LogP contribution < -0.4 is 0 Å². The first-order valence-electron chi connectivity index (χ1n) is 5.74. The largest absolute Gasteiger partial charge is 0.351 e. The summed E-state index contributed by atoms with van der Waals surface area (Å²) < 4.78 is 13.7. The molecule has 94 valence electrons. The van der Waals surface area contributed by atoms with E-state index in [9.17, 15) is 9.18 Å². The maximum Gasteiger partial charge on any atom is 0.244 e. The number of hydrogen-bond acceptors (Lipinski definition) is 1. The van der Waals surface area contributed by atoms with Gasteiger partial charge in [-0.2, -0.15) is 0 Å². The molecule has 0 bridgehead atoms. The van der Waals surface area contributed by atoms with Gasteiger partial charge in [0, 0.05) is 22.0 Å². The molecule has 3 aromatic rings. The standard InChI is InChI=1S/C15H9BrFNO/c16-15(19)14-13(9-5-1-3-7-11(9)17)10-6-2-4-8-12(10)18-14/h1-8,18H. The smallest absolute Gasteiger partial charge is 0.244 e.